The maximum absolute atomic E-state index is 7.82. The van der Waals surface area contributed by atoms with Crippen molar-refractivity contribution in [1.82, 2.24) is 0 Å². The fourth-order valence-electron chi connectivity index (χ4n) is 0.0653. The van der Waals surface area contributed by atoms with Crippen LogP contribution in [0.25, 0.3) is 0 Å². The monoisotopic (exact) mass is 226 g/mol. The van der Waals surface area contributed by atoms with E-state index in [4.69, 9.17) is 19.6 Å². The first-order chi connectivity index (χ1) is 3.13. The number of hydrogen-bond donors (Lipinski definition) is 4. The average Bonchev–Trinajstić information content (AvgIpc) is 1.27. The fourth-order valence-corrected chi connectivity index (χ4v) is 0.588. The van der Waals surface area contributed by atoms with Gasteiger partial charge < -0.3 is 30.5 Å². The van der Waals surface area contributed by atoms with Gasteiger partial charge in [-0.25, -0.2) is 4.31 Å². The minimum atomic E-state index is -2.61. The third-order valence-corrected chi connectivity index (χ3v) is 1.31. The zero-order valence-corrected chi connectivity index (χ0v) is 7.76. The summed E-state index contributed by atoms with van der Waals surface area (Å²) in [6.07, 6.45) is 0. The number of hydrogen-bond acceptors (Lipinski definition) is 5. The first-order valence-corrected chi connectivity index (χ1v) is 3.50. The molecule has 0 aromatic heterocycles. The van der Waals surface area contributed by atoms with Crippen molar-refractivity contribution in [3.63, 3.8) is 0 Å². The first kappa shape index (κ1) is 22.5. The van der Waals surface area contributed by atoms with Crippen LogP contribution >= 0.6 is 17.2 Å². The minimum absolute atomic E-state index is 0. The molecule has 0 fully saturated rings. The molecule has 0 atom stereocenters. The molecule has 0 aliphatic heterocycles. The van der Waals surface area contributed by atoms with Crippen LogP contribution in [0.15, 0.2) is 0 Å². The molecule has 0 saturated heterocycles. The Kier molecular flexibility index (Phi) is 29.1. The van der Waals surface area contributed by atoms with Gasteiger partial charge in [-0.3, -0.25) is 0 Å². The van der Waals surface area contributed by atoms with E-state index in [2.05, 4.69) is 4.31 Å². The molecule has 0 bridgehead atoms. The molecule has 0 aromatic carbocycles. The van der Waals surface area contributed by atoms with E-state index in [9.17, 15) is 0 Å². The van der Waals surface area contributed by atoms with Crippen molar-refractivity contribution in [3.05, 3.63) is 0 Å². The molecule has 0 spiro atoms. The summed E-state index contributed by atoms with van der Waals surface area (Å²) in [5.41, 5.74) is 0. The van der Waals surface area contributed by atoms with Crippen LogP contribution in [0, 0.1) is 0 Å². The van der Waals surface area contributed by atoms with E-state index >= 15 is 0 Å². The van der Waals surface area contributed by atoms with Gasteiger partial charge in [0.15, 0.2) is 0 Å². The second-order valence-corrected chi connectivity index (χ2v) is 2.25. The molecule has 0 saturated carbocycles. The molecule has 0 aromatic rings. The van der Waals surface area contributed by atoms with Gasteiger partial charge in [0.25, 0.3) is 0 Å². The van der Waals surface area contributed by atoms with E-state index in [0.717, 1.165) is 0 Å². The second-order valence-electron chi connectivity index (χ2n) is 0.587. The predicted octanol–water partition coefficient (Wildman–Crippen LogP) is -0.814. The summed E-state index contributed by atoms with van der Waals surface area (Å²) in [5, 5.41) is 0. The fraction of sp³-hybridized carbons (Fsp3) is 0. The van der Waals surface area contributed by atoms with Crippen LogP contribution in [0.3, 0.4) is 0 Å². The van der Waals surface area contributed by atoms with Crippen LogP contribution in [-0.2, 0) is 37.0 Å². The van der Waals surface area contributed by atoms with Crippen LogP contribution in [-0.4, -0.2) is 19.6 Å². The van der Waals surface area contributed by atoms with E-state index in [1.807, 2.05) is 0 Å². The summed E-state index contributed by atoms with van der Waals surface area (Å²) >= 11 is 0. The SMILES string of the molecule is OP(O)OP(O)O.[O-2].[O-2].[Ti+4]. The molecule has 0 radical (unpaired) electrons. The predicted molar refractivity (Wildman–Crippen MR) is 25.2 cm³/mol. The Hall–Kier alpha value is 1.29. The molecule has 4 N–H and O–H groups in total. The minimum Gasteiger partial charge on any atom is -2.00 e. The summed E-state index contributed by atoms with van der Waals surface area (Å²) in [5.74, 6) is 0. The van der Waals surface area contributed by atoms with Crippen molar-refractivity contribution in [1.29, 1.82) is 0 Å². The topological polar surface area (TPSA) is 147 Å². The molecule has 0 heterocycles. The van der Waals surface area contributed by atoms with Gasteiger partial charge in [-0.2, -0.15) is 0 Å². The largest absolute Gasteiger partial charge is 4.00 e. The molecule has 60 valence electrons. The average molecular weight is 226 g/mol. The molecule has 7 nitrogen and oxygen atoms in total. The van der Waals surface area contributed by atoms with Crippen molar-refractivity contribution in [2.75, 3.05) is 0 Å². The Morgan fingerprint density at radius 1 is 0.800 bits per heavy atom. The molecular formula is H4O7P2Ti. The van der Waals surface area contributed by atoms with Crippen molar-refractivity contribution in [2.45, 2.75) is 0 Å². The van der Waals surface area contributed by atoms with Gasteiger partial charge in [0.1, 0.15) is 0 Å². The Labute approximate surface area is 74.2 Å². The van der Waals surface area contributed by atoms with Gasteiger partial charge in [0, 0.05) is 0 Å². The normalized spacial score (nSPS) is 7.80. The summed E-state index contributed by atoms with van der Waals surface area (Å²) < 4.78 is 3.60. The van der Waals surface area contributed by atoms with Crippen LogP contribution in [0.1, 0.15) is 0 Å². The summed E-state index contributed by atoms with van der Waals surface area (Å²) in [6.45, 7) is 0. The molecule has 0 aliphatic rings. The van der Waals surface area contributed by atoms with Gasteiger partial charge in [-0.15, -0.1) is 0 Å². The molecule has 10 heteroatoms. The zero-order valence-electron chi connectivity index (χ0n) is 4.41. The van der Waals surface area contributed by atoms with Crippen molar-refractivity contribution in [3.8, 4) is 0 Å². The summed E-state index contributed by atoms with van der Waals surface area (Å²) in [4.78, 5) is 31.3. The van der Waals surface area contributed by atoms with Crippen LogP contribution in [0.5, 0.6) is 0 Å². The quantitative estimate of drug-likeness (QED) is 0.358. The molecule has 0 amide bonds. The Morgan fingerprint density at radius 2 is 1.00 bits per heavy atom. The van der Waals surface area contributed by atoms with Crippen LogP contribution in [0.4, 0.5) is 0 Å². The second kappa shape index (κ2) is 12.9. The van der Waals surface area contributed by atoms with Crippen molar-refractivity contribution >= 4 is 17.2 Å². The van der Waals surface area contributed by atoms with E-state index in [1.165, 1.54) is 0 Å². The smallest absolute Gasteiger partial charge is 2.00 e. The van der Waals surface area contributed by atoms with Crippen molar-refractivity contribution in [2.24, 2.45) is 0 Å². The Morgan fingerprint density at radius 3 is 1.00 bits per heavy atom. The number of rotatable bonds is 2. The van der Waals surface area contributed by atoms with E-state index in [1.54, 1.807) is 0 Å². The van der Waals surface area contributed by atoms with Crippen LogP contribution < -0.4 is 0 Å². The standard InChI is InChI=1S/H4O5P2.2O.Ti/c1-6(2)5-7(3)4;;;/h1-4H;;;/q;2*-2;+4. The van der Waals surface area contributed by atoms with Crippen LogP contribution in [0.2, 0.25) is 0 Å². The van der Waals surface area contributed by atoms with E-state index in [0.29, 0.717) is 0 Å². The molecular weight excluding hydrogens is 222 g/mol. The Balaban J connectivity index is -0.0000000600. The van der Waals surface area contributed by atoms with Gasteiger partial charge >= 0.3 is 38.9 Å². The third-order valence-electron chi connectivity index (χ3n) is 0.146. The van der Waals surface area contributed by atoms with E-state index in [-0.39, 0.29) is 32.7 Å². The van der Waals surface area contributed by atoms with Gasteiger partial charge in [-0.05, 0) is 0 Å². The Bertz CT molecular complexity index is 40.9. The maximum Gasteiger partial charge on any atom is 4.00 e. The molecule has 0 rings (SSSR count). The van der Waals surface area contributed by atoms with E-state index < -0.39 is 17.2 Å². The summed E-state index contributed by atoms with van der Waals surface area (Å²) in [6, 6.07) is 0. The molecule has 10 heavy (non-hydrogen) atoms. The van der Waals surface area contributed by atoms with Crippen molar-refractivity contribution < 1.29 is 56.6 Å². The van der Waals surface area contributed by atoms with Gasteiger partial charge in [0.05, 0.1) is 0 Å². The molecule has 0 unspecified atom stereocenters. The summed E-state index contributed by atoms with van der Waals surface area (Å²) in [7, 11) is -5.22. The zero-order chi connectivity index (χ0) is 5.86. The first-order valence-electron chi connectivity index (χ1n) is 1.17. The molecule has 0 aliphatic carbocycles. The van der Waals surface area contributed by atoms with Gasteiger partial charge in [0.2, 0.25) is 0 Å². The maximum atomic E-state index is 7.82. The third kappa shape index (κ3) is 22.8. The van der Waals surface area contributed by atoms with Gasteiger partial charge in [-0.1, -0.05) is 0 Å².